The summed E-state index contributed by atoms with van der Waals surface area (Å²) >= 11 is 0. The van der Waals surface area contributed by atoms with E-state index in [2.05, 4.69) is 10.5 Å². The van der Waals surface area contributed by atoms with Crippen molar-refractivity contribution >= 4 is 5.91 Å². The molecule has 1 spiro atoms. The largest absolute Gasteiger partial charge is 0.488 e. The van der Waals surface area contributed by atoms with Gasteiger partial charge in [0.25, 0.3) is 5.91 Å². The van der Waals surface area contributed by atoms with Crippen molar-refractivity contribution in [3.05, 3.63) is 46.8 Å². The average molecular weight is 369 g/mol. The van der Waals surface area contributed by atoms with Crippen molar-refractivity contribution in [1.29, 1.82) is 0 Å². The molecule has 2 fully saturated rings. The lowest BCUT2D eigenvalue weighted by Gasteiger charge is -2.39. The number of piperidine rings is 1. The van der Waals surface area contributed by atoms with Gasteiger partial charge < -0.3 is 19.5 Å². The molecule has 27 heavy (non-hydrogen) atoms. The summed E-state index contributed by atoms with van der Waals surface area (Å²) in [6, 6.07) is 7.50. The van der Waals surface area contributed by atoms with E-state index in [1.54, 1.807) is 0 Å². The lowest BCUT2D eigenvalue weighted by molar-refractivity contribution is 0.0603. The number of carbonyl (C=O) groups excluding carboxylic acids is 1. The van der Waals surface area contributed by atoms with Crippen LogP contribution in [0.25, 0.3) is 0 Å². The Bertz CT molecular complexity index is 794. The Morgan fingerprint density at radius 1 is 1.26 bits per heavy atom. The Balaban J connectivity index is 1.45. The SMILES string of the molecule is Cc1noc(C)c1COc1ccccc1C(=O)N1CCC2(CCNC2)CC1. The summed E-state index contributed by atoms with van der Waals surface area (Å²) in [6.07, 6.45) is 3.38. The first-order chi connectivity index (χ1) is 13.1. The van der Waals surface area contributed by atoms with Crippen LogP contribution in [-0.4, -0.2) is 42.1 Å². The Kier molecular flexibility index (Phi) is 4.91. The highest BCUT2D eigenvalue weighted by Gasteiger charge is 2.38. The molecule has 0 atom stereocenters. The molecule has 2 saturated heterocycles. The van der Waals surface area contributed by atoms with Crippen LogP contribution in [0.3, 0.4) is 0 Å². The van der Waals surface area contributed by atoms with Gasteiger partial charge in [0.15, 0.2) is 0 Å². The number of aromatic nitrogens is 1. The van der Waals surface area contributed by atoms with Crippen molar-refractivity contribution in [3.63, 3.8) is 0 Å². The highest BCUT2D eigenvalue weighted by atomic mass is 16.5. The molecule has 1 amide bonds. The van der Waals surface area contributed by atoms with Gasteiger partial charge in [-0.3, -0.25) is 4.79 Å². The van der Waals surface area contributed by atoms with Crippen LogP contribution < -0.4 is 10.1 Å². The number of benzene rings is 1. The van der Waals surface area contributed by atoms with E-state index >= 15 is 0 Å². The summed E-state index contributed by atoms with van der Waals surface area (Å²) in [4.78, 5) is 15.1. The number of nitrogens with zero attached hydrogens (tertiary/aromatic N) is 2. The second-order valence-electron chi connectivity index (χ2n) is 7.81. The second-order valence-corrected chi connectivity index (χ2v) is 7.81. The summed E-state index contributed by atoms with van der Waals surface area (Å²) < 4.78 is 11.2. The standard InChI is InChI=1S/C21H27N3O3/c1-15-18(16(2)27-23-15)13-26-19-6-4-3-5-17(19)20(25)24-11-8-21(9-12-24)7-10-22-14-21/h3-6,22H,7-14H2,1-2H3. The number of rotatable bonds is 4. The number of carbonyl (C=O) groups is 1. The molecule has 144 valence electrons. The maximum atomic E-state index is 13.1. The van der Waals surface area contributed by atoms with Gasteiger partial charge in [0.2, 0.25) is 0 Å². The number of hydrogen-bond acceptors (Lipinski definition) is 5. The normalized spacial score (nSPS) is 18.8. The number of aryl methyl sites for hydroxylation is 2. The quantitative estimate of drug-likeness (QED) is 0.897. The third kappa shape index (κ3) is 3.58. The monoisotopic (exact) mass is 369 g/mol. The van der Waals surface area contributed by atoms with Crippen LogP contribution in [0, 0.1) is 19.3 Å². The van der Waals surface area contributed by atoms with Gasteiger partial charge in [0.1, 0.15) is 18.1 Å². The van der Waals surface area contributed by atoms with Crippen molar-refractivity contribution in [2.75, 3.05) is 26.2 Å². The molecular formula is C21H27N3O3. The van der Waals surface area contributed by atoms with Crippen molar-refractivity contribution in [1.82, 2.24) is 15.4 Å². The Morgan fingerprint density at radius 3 is 2.70 bits per heavy atom. The highest BCUT2D eigenvalue weighted by molar-refractivity contribution is 5.97. The van der Waals surface area contributed by atoms with Gasteiger partial charge in [-0.1, -0.05) is 17.3 Å². The number of amides is 1. The summed E-state index contributed by atoms with van der Waals surface area (Å²) in [6.45, 7) is 7.95. The molecule has 4 rings (SSSR count). The van der Waals surface area contributed by atoms with E-state index in [0.29, 0.717) is 23.3 Å². The van der Waals surface area contributed by atoms with Crippen LogP contribution in [0.5, 0.6) is 5.75 Å². The fourth-order valence-corrected chi connectivity index (χ4v) is 4.20. The predicted molar refractivity (Wildman–Crippen MR) is 102 cm³/mol. The van der Waals surface area contributed by atoms with Crippen LogP contribution in [0.4, 0.5) is 0 Å². The second kappa shape index (κ2) is 7.35. The Labute approximate surface area is 159 Å². The van der Waals surface area contributed by atoms with Gasteiger partial charge in [-0.2, -0.15) is 0 Å². The third-order valence-electron chi connectivity index (χ3n) is 6.11. The summed E-state index contributed by atoms with van der Waals surface area (Å²) in [7, 11) is 0. The molecular weight excluding hydrogens is 342 g/mol. The van der Waals surface area contributed by atoms with Crippen LogP contribution >= 0.6 is 0 Å². The van der Waals surface area contributed by atoms with Gasteiger partial charge in [0.05, 0.1) is 16.8 Å². The Morgan fingerprint density at radius 2 is 2.04 bits per heavy atom. The van der Waals surface area contributed by atoms with E-state index in [0.717, 1.165) is 56.0 Å². The number of hydrogen-bond donors (Lipinski definition) is 1. The maximum Gasteiger partial charge on any atom is 0.257 e. The molecule has 3 heterocycles. The lowest BCUT2D eigenvalue weighted by Crippen LogP contribution is -2.44. The molecule has 6 nitrogen and oxygen atoms in total. The van der Waals surface area contributed by atoms with Crippen molar-refractivity contribution < 1.29 is 14.1 Å². The van der Waals surface area contributed by atoms with E-state index < -0.39 is 0 Å². The molecule has 0 radical (unpaired) electrons. The number of para-hydroxylation sites is 1. The van der Waals surface area contributed by atoms with E-state index in [1.807, 2.05) is 43.0 Å². The van der Waals surface area contributed by atoms with Crippen LogP contribution in [0.2, 0.25) is 0 Å². The minimum atomic E-state index is 0.0603. The first-order valence-electron chi connectivity index (χ1n) is 9.72. The minimum Gasteiger partial charge on any atom is -0.488 e. The zero-order valence-electron chi connectivity index (χ0n) is 16.1. The maximum absolute atomic E-state index is 13.1. The number of likely N-dealkylation sites (tertiary alicyclic amines) is 1. The Hall–Kier alpha value is -2.34. The molecule has 6 heteroatoms. The molecule has 2 aliphatic heterocycles. The van der Waals surface area contributed by atoms with Crippen molar-refractivity contribution in [3.8, 4) is 5.75 Å². The smallest absolute Gasteiger partial charge is 0.257 e. The summed E-state index contributed by atoms with van der Waals surface area (Å²) in [5.41, 5.74) is 2.79. The molecule has 2 aliphatic rings. The minimum absolute atomic E-state index is 0.0603. The summed E-state index contributed by atoms with van der Waals surface area (Å²) in [5, 5.41) is 7.43. The first-order valence-corrected chi connectivity index (χ1v) is 9.72. The molecule has 1 aromatic heterocycles. The van der Waals surface area contributed by atoms with Crippen molar-refractivity contribution in [2.24, 2.45) is 5.41 Å². The van der Waals surface area contributed by atoms with Crippen LogP contribution in [-0.2, 0) is 6.61 Å². The zero-order valence-corrected chi connectivity index (χ0v) is 16.1. The van der Waals surface area contributed by atoms with E-state index in [1.165, 1.54) is 6.42 Å². The van der Waals surface area contributed by atoms with E-state index in [-0.39, 0.29) is 5.91 Å². The molecule has 0 saturated carbocycles. The third-order valence-corrected chi connectivity index (χ3v) is 6.11. The molecule has 0 bridgehead atoms. The van der Waals surface area contributed by atoms with Gasteiger partial charge >= 0.3 is 0 Å². The average Bonchev–Trinajstić information content (AvgIpc) is 3.27. The molecule has 0 aliphatic carbocycles. The fourth-order valence-electron chi connectivity index (χ4n) is 4.20. The molecule has 1 N–H and O–H groups in total. The van der Waals surface area contributed by atoms with E-state index in [9.17, 15) is 4.79 Å². The van der Waals surface area contributed by atoms with Crippen molar-refractivity contribution in [2.45, 2.75) is 39.7 Å². The van der Waals surface area contributed by atoms with Crippen LogP contribution in [0.1, 0.15) is 46.6 Å². The van der Waals surface area contributed by atoms with Crippen LogP contribution in [0.15, 0.2) is 28.8 Å². The number of ether oxygens (including phenoxy) is 1. The van der Waals surface area contributed by atoms with Gasteiger partial charge in [0, 0.05) is 19.6 Å². The molecule has 0 unspecified atom stereocenters. The van der Waals surface area contributed by atoms with E-state index in [4.69, 9.17) is 9.26 Å². The summed E-state index contributed by atoms with van der Waals surface area (Å²) in [5.74, 6) is 1.43. The topological polar surface area (TPSA) is 67.6 Å². The highest BCUT2D eigenvalue weighted by Crippen LogP contribution is 2.37. The molecule has 1 aromatic carbocycles. The fraction of sp³-hybridized carbons (Fsp3) is 0.524. The lowest BCUT2D eigenvalue weighted by atomic mass is 9.78. The van der Waals surface area contributed by atoms with Gasteiger partial charge in [-0.15, -0.1) is 0 Å². The number of nitrogens with one attached hydrogen (secondary N) is 1. The van der Waals surface area contributed by atoms with Gasteiger partial charge in [-0.05, 0) is 57.2 Å². The van der Waals surface area contributed by atoms with Gasteiger partial charge in [-0.25, -0.2) is 0 Å². The zero-order chi connectivity index (χ0) is 18.9. The predicted octanol–water partition coefficient (Wildman–Crippen LogP) is 3.09. The first kappa shape index (κ1) is 18.0. The molecule has 2 aromatic rings.